The summed E-state index contributed by atoms with van der Waals surface area (Å²) >= 11 is 0. The fourth-order valence-electron chi connectivity index (χ4n) is 4.23. The van der Waals surface area contributed by atoms with E-state index in [1.54, 1.807) is 6.07 Å². The first-order valence-electron chi connectivity index (χ1n) is 11.0. The van der Waals surface area contributed by atoms with E-state index < -0.39 is 11.9 Å². The Bertz CT molecular complexity index is 1360. The van der Waals surface area contributed by atoms with Gasteiger partial charge in [-0.05, 0) is 29.3 Å². The predicted molar refractivity (Wildman–Crippen MR) is 127 cm³/mol. The number of aromatic nitrogens is 3. The van der Waals surface area contributed by atoms with Crippen molar-refractivity contribution in [3.63, 3.8) is 0 Å². The van der Waals surface area contributed by atoms with Crippen LogP contribution in [0.5, 0.6) is 5.75 Å². The lowest BCUT2D eigenvalue weighted by molar-refractivity contribution is -0.137. The van der Waals surface area contributed by atoms with E-state index in [9.17, 15) is 9.90 Å². The van der Waals surface area contributed by atoms with Crippen LogP contribution in [-0.4, -0.2) is 26.4 Å². The molecule has 0 saturated carbocycles. The van der Waals surface area contributed by atoms with Gasteiger partial charge in [0.15, 0.2) is 0 Å². The maximum atomic E-state index is 11.4. The topological polar surface area (TPSA) is 101 Å². The number of benzene rings is 3. The highest BCUT2D eigenvalue weighted by atomic mass is 16.5. The fourth-order valence-corrected chi connectivity index (χ4v) is 4.23. The van der Waals surface area contributed by atoms with Crippen LogP contribution in [0.2, 0.25) is 0 Å². The molecule has 5 aromatic rings. The molecule has 0 radical (unpaired) electrons. The average molecular weight is 453 g/mol. The highest BCUT2D eigenvalue weighted by Gasteiger charge is 2.22. The molecule has 5 rings (SSSR count). The lowest BCUT2D eigenvalue weighted by atomic mass is 9.92. The Labute approximate surface area is 196 Å². The van der Waals surface area contributed by atoms with E-state index >= 15 is 0 Å². The van der Waals surface area contributed by atoms with E-state index in [2.05, 4.69) is 33.6 Å². The van der Waals surface area contributed by atoms with Gasteiger partial charge >= 0.3 is 5.97 Å². The summed E-state index contributed by atoms with van der Waals surface area (Å²) in [6.07, 6.45) is 3.65. The summed E-state index contributed by atoms with van der Waals surface area (Å²) < 4.78 is 11.4. The van der Waals surface area contributed by atoms with Crippen molar-refractivity contribution in [3.8, 4) is 5.75 Å². The third-order valence-corrected chi connectivity index (χ3v) is 5.88. The molecule has 2 N–H and O–H groups in total. The molecule has 7 nitrogen and oxygen atoms in total. The van der Waals surface area contributed by atoms with Gasteiger partial charge in [-0.1, -0.05) is 59.8 Å². The molecule has 0 aliphatic carbocycles. The first kappa shape index (κ1) is 21.5. The fraction of sp³-hybridized carbons (Fsp3) is 0.148. The monoisotopic (exact) mass is 453 g/mol. The summed E-state index contributed by atoms with van der Waals surface area (Å²) in [4.78, 5) is 11.4. The van der Waals surface area contributed by atoms with Gasteiger partial charge in [0, 0.05) is 29.4 Å². The van der Waals surface area contributed by atoms with E-state index in [0.29, 0.717) is 17.9 Å². The quantitative estimate of drug-likeness (QED) is 0.305. The zero-order valence-corrected chi connectivity index (χ0v) is 18.3. The molecule has 34 heavy (non-hydrogen) atoms. The van der Waals surface area contributed by atoms with Crippen LogP contribution in [0.25, 0.3) is 10.9 Å². The number of H-pyrrole nitrogens is 1. The van der Waals surface area contributed by atoms with Gasteiger partial charge in [-0.25, -0.2) is 0 Å². The number of fused-ring (bicyclic) bond motifs is 1. The van der Waals surface area contributed by atoms with Crippen molar-refractivity contribution in [2.75, 3.05) is 0 Å². The lowest BCUT2D eigenvalue weighted by Gasteiger charge is -2.21. The average Bonchev–Trinajstić information content (AvgIpc) is 3.55. The van der Waals surface area contributed by atoms with Crippen molar-refractivity contribution in [3.05, 3.63) is 114 Å². The molecule has 0 spiro atoms. The lowest BCUT2D eigenvalue weighted by Crippen LogP contribution is -2.12. The molecule has 0 amide bonds. The first-order valence-corrected chi connectivity index (χ1v) is 11.0. The number of aromatic amines is 1. The Balaban J connectivity index is 1.44. The predicted octanol–water partition coefficient (Wildman–Crippen LogP) is 5.52. The number of carboxylic acid groups (broad SMARTS) is 1. The molecule has 0 bridgehead atoms. The smallest absolute Gasteiger partial charge is 0.304 e. The molecule has 2 heterocycles. The molecule has 0 fully saturated rings. The Morgan fingerprint density at radius 3 is 2.56 bits per heavy atom. The van der Waals surface area contributed by atoms with Gasteiger partial charge < -0.3 is 14.4 Å². The SMILES string of the molecule is O=C(O)CC(c1ccc(O[C@@H](Cc2ccccc2)c2cccc3[nH]ncc23)cc1)c1ccon1. The van der Waals surface area contributed by atoms with Gasteiger partial charge in [0.2, 0.25) is 0 Å². The van der Waals surface area contributed by atoms with Crippen LogP contribution in [0.15, 0.2) is 95.8 Å². The largest absolute Gasteiger partial charge is 0.485 e. The highest BCUT2D eigenvalue weighted by Crippen LogP contribution is 2.32. The van der Waals surface area contributed by atoms with E-state index in [4.69, 9.17) is 9.26 Å². The van der Waals surface area contributed by atoms with Gasteiger partial charge in [-0.3, -0.25) is 9.89 Å². The number of carboxylic acids is 1. The van der Waals surface area contributed by atoms with Crippen LogP contribution >= 0.6 is 0 Å². The minimum atomic E-state index is -0.899. The summed E-state index contributed by atoms with van der Waals surface area (Å²) in [5.41, 5.74) is 4.59. The molecule has 7 heteroatoms. The summed E-state index contributed by atoms with van der Waals surface area (Å²) in [5, 5.41) is 21.6. The maximum absolute atomic E-state index is 11.4. The molecule has 2 aromatic heterocycles. The Hall–Kier alpha value is -4.39. The zero-order valence-electron chi connectivity index (χ0n) is 18.3. The van der Waals surface area contributed by atoms with Crippen LogP contribution in [0.3, 0.4) is 0 Å². The molecule has 3 aromatic carbocycles. The first-order chi connectivity index (χ1) is 16.7. The zero-order chi connectivity index (χ0) is 23.3. The van der Waals surface area contributed by atoms with Gasteiger partial charge in [0.1, 0.15) is 18.1 Å². The third-order valence-electron chi connectivity index (χ3n) is 5.88. The van der Waals surface area contributed by atoms with Crippen molar-refractivity contribution >= 4 is 16.9 Å². The minimum Gasteiger partial charge on any atom is -0.485 e. The number of nitrogens with one attached hydrogen (secondary N) is 1. The molecule has 1 unspecified atom stereocenters. The van der Waals surface area contributed by atoms with E-state index in [0.717, 1.165) is 27.6 Å². The number of hydrogen-bond acceptors (Lipinski definition) is 5. The molecule has 0 aliphatic rings. The number of aliphatic carboxylic acids is 1. The second kappa shape index (κ2) is 9.62. The number of nitrogens with zero attached hydrogens (tertiary/aromatic N) is 2. The normalized spacial score (nSPS) is 12.9. The van der Waals surface area contributed by atoms with Gasteiger partial charge in [0.05, 0.1) is 23.8 Å². The Kier molecular flexibility index (Phi) is 6.07. The van der Waals surface area contributed by atoms with Crippen molar-refractivity contribution in [1.29, 1.82) is 0 Å². The Morgan fingerprint density at radius 2 is 1.82 bits per heavy atom. The van der Waals surface area contributed by atoms with Crippen molar-refractivity contribution < 1.29 is 19.2 Å². The second-order valence-corrected chi connectivity index (χ2v) is 8.12. The van der Waals surface area contributed by atoms with E-state index in [1.807, 2.05) is 60.8 Å². The van der Waals surface area contributed by atoms with Crippen LogP contribution in [0.4, 0.5) is 0 Å². The molecule has 0 saturated heterocycles. The molecule has 0 aliphatic heterocycles. The van der Waals surface area contributed by atoms with Crippen molar-refractivity contribution in [2.45, 2.75) is 24.9 Å². The second-order valence-electron chi connectivity index (χ2n) is 8.12. The maximum Gasteiger partial charge on any atom is 0.304 e. The van der Waals surface area contributed by atoms with Gasteiger partial charge in [-0.2, -0.15) is 5.10 Å². The highest BCUT2D eigenvalue weighted by molar-refractivity contribution is 5.82. The summed E-state index contributed by atoms with van der Waals surface area (Å²) in [5.74, 6) is -0.603. The van der Waals surface area contributed by atoms with E-state index in [-0.39, 0.29) is 12.5 Å². The third kappa shape index (κ3) is 4.68. The number of ether oxygens (including phenoxy) is 1. The number of hydrogen-bond donors (Lipinski definition) is 2. The number of carbonyl (C=O) groups is 1. The van der Waals surface area contributed by atoms with Gasteiger partial charge in [0.25, 0.3) is 0 Å². The van der Waals surface area contributed by atoms with Crippen LogP contribution in [-0.2, 0) is 11.2 Å². The van der Waals surface area contributed by atoms with Crippen LogP contribution < -0.4 is 4.74 Å². The van der Waals surface area contributed by atoms with Gasteiger partial charge in [-0.15, -0.1) is 0 Å². The molecular formula is C27H23N3O4. The molecular weight excluding hydrogens is 430 g/mol. The standard InChI is InChI=1S/C27H23N3O4/c31-27(32)16-22(25-13-14-33-30-25)19-9-11-20(12-10-19)34-26(15-18-5-2-1-3-6-18)21-7-4-8-24-23(21)17-28-29-24/h1-14,17,22,26H,15-16H2,(H,28,29)(H,31,32)/t22?,26-/m0/s1. The minimum absolute atomic E-state index is 0.0775. The van der Waals surface area contributed by atoms with Crippen LogP contribution in [0.1, 0.15) is 40.8 Å². The van der Waals surface area contributed by atoms with Crippen molar-refractivity contribution in [2.24, 2.45) is 0 Å². The summed E-state index contributed by atoms with van der Waals surface area (Å²) in [6, 6.07) is 25.5. The molecule has 2 atom stereocenters. The molecule has 170 valence electrons. The van der Waals surface area contributed by atoms with E-state index in [1.165, 1.54) is 6.26 Å². The summed E-state index contributed by atoms with van der Waals surface area (Å²) in [7, 11) is 0. The van der Waals surface area contributed by atoms with Crippen molar-refractivity contribution in [1.82, 2.24) is 15.4 Å². The van der Waals surface area contributed by atoms with Crippen LogP contribution in [0, 0.1) is 0 Å². The Morgan fingerprint density at radius 1 is 1.00 bits per heavy atom. The number of rotatable bonds is 9. The summed E-state index contributed by atoms with van der Waals surface area (Å²) in [6.45, 7) is 0.